The quantitative estimate of drug-likeness (QED) is 0.676. The molecule has 0 bridgehead atoms. The number of nitrogens with one attached hydrogen (secondary N) is 1. The van der Waals surface area contributed by atoms with E-state index in [-0.39, 0.29) is 21.8 Å². The van der Waals surface area contributed by atoms with Gasteiger partial charge in [0.05, 0.1) is 11.3 Å². The Morgan fingerprint density at radius 2 is 1.55 bits per heavy atom. The lowest BCUT2D eigenvalue weighted by atomic mass is 10.1. The van der Waals surface area contributed by atoms with Crippen molar-refractivity contribution in [1.82, 2.24) is 0 Å². The molecule has 0 aliphatic carbocycles. The van der Waals surface area contributed by atoms with Crippen LogP contribution in [0.15, 0.2) is 24.3 Å². The molecule has 0 aromatic heterocycles. The van der Waals surface area contributed by atoms with Gasteiger partial charge < -0.3 is 4.74 Å². The van der Waals surface area contributed by atoms with Crippen molar-refractivity contribution < 1.29 is 9.53 Å². The van der Waals surface area contributed by atoms with Gasteiger partial charge in [-0.15, -0.1) is 0 Å². The molecule has 112 valence electrons. The summed E-state index contributed by atoms with van der Waals surface area (Å²) >= 11 is 0.0623. The molecular weight excluding hydrogens is 270 g/mol. The number of esters is 1. The zero-order chi connectivity index (χ0) is 15.6. The summed E-state index contributed by atoms with van der Waals surface area (Å²) in [5, 5.41) is 0. The number of anilines is 1. The van der Waals surface area contributed by atoms with Crippen LogP contribution in [-0.4, -0.2) is 22.6 Å². The molecule has 0 aliphatic rings. The molecule has 0 fully saturated rings. The average molecular weight is 296 g/mol. The number of hydrogen-bond donors (Lipinski definition) is 1. The molecule has 20 heavy (non-hydrogen) atoms. The minimum atomic E-state index is -0.462. The van der Waals surface area contributed by atoms with E-state index in [1.54, 1.807) is 12.1 Å². The lowest BCUT2D eigenvalue weighted by Gasteiger charge is -2.20. The summed E-state index contributed by atoms with van der Waals surface area (Å²) in [6.45, 7) is 12.2. The number of carbonyl (C=O) groups excluding carboxylic acids is 1. The number of rotatable bonds is 3. The van der Waals surface area contributed by atoms with E-state index >= 15 is 0 Å². The lowest BCUT2D eigenvalue weighted by Crippen LogP contribution is -2.32. The van der Waals surface area contributed by atoms with Crippen LogP contribution < -0.4 is 4.72 Å². The van der Waals surface area contributed by atoms with Gasteiger partial charge in [-0.1, -0.05) is 0 Å². The van der Waals surface area contributed by atoms with Gasteiger partial charge in [-0.2, -0.15) is 0 Å². The molecule has 1 N–H and O–H groups in total. The van der Waals surface area contributed by atoms with E-state index in [9.17, 15) is 4.79 Å². The Bertz CT molecular complexity index is 455. The molecule has 1 aromatic carbocycles. The summed E-state index contributed by atoms with van der Waals surface area (Å²) in [6.07, 6.45) is 2.18. The summed E-state index contributed by atoms with van der Waals surface area (Å²) in [4.78, 5) is 11.9. The summed E-state index contributed by atoms with van der Waals surface area (Å²) in [7, 11) is 0. The highest BCUT2D eigenvalue weighted by Gasteiger charge is 2.30. The van der Waals surface area contributed by atoms with E-state index in [2.05, 4.69) is 31.7 Å². The maximum Gasteiger partial charge on any atom is 0.338 e. The van der Waals surface area contributed by atoms with Crippen LogP contribution in [0.2, 0.25) is 0 Å². The smallest absolute Gasteiger partial charge is 0.338 e. The summed E-state index contributed by atoms with van der Waals surface area (Å²) < 4.78 is 9.03. The first-order valence-electron chi connectivity index (χ1n) is 6.75. The molecule has 1 atom stereocenters. The minimum Gasteiger partial charge on any atom is -0.456 e. The number of benzene rings is 1. The largest absolute Gasteiger partial charge is 0.456 e. The Morgan fingerprint density at radius 1 is 1.05 bits per heavy atom. The Balaban J connectivity index is 2.72. The van der Waals surface area contributed by atoms with E-state index in [1.807, 2.05) is 32.9 Å². The predicted molar refractivity (Wildman–Crippen MR) is 88.3 cm³/mol. The molecular formula is C16H26NO2S+. The van der Waals surface area contributed by atoms with Gasteiger partial charge in [-0.05, 0) is 65.8 Å². The van der Waals surface area contributed by atoms with E-state index in [4.69, 9.17) is 4.74 Å². The second-order valence-corrected chi connectivity index (χ2v) is 9.25. The van der Waals surface area contributed by atoms with Crippen LogP contribution in [0.25, 0.3) is 0 Å². The van der Waals surface area contributed by atoms with Crippen molar-refractivity contribution in [3.63, 3.8) is 0 Å². The first-order valence-corrected chi connectivity index (χ1v) is 8.38. The third kappa shape index (κ3) is 5.45. The van der Waals surface area contributed by atoms with E-state index in [1.165, 1.54) is 0 Å². The standard InChI is InChI=1S/C16H25NO2S/c1-15(2,3)19-14(18)12-8-10-13(11-9-12)17-20(7)16(4,5)6/h8-11H,1-7H3/p+1. The van der Waals surface area contributed by atoms with Crippen molar-refractivity contribution in [2.75, 3.05) is 11.0 Å². The van der Waals surface area contributed by atoms with Gasteiger partial charge in [0.15, 0.2) is 0 Å². The van der Waals surface area contributed by atoms with Crippen LogP contribution in [-0.2, 0) is 15.8 Å². The van der Waals surface area contributed by atoms with Crippen molar-refractivity contribution in [1.29, 1.82) is 0 Å². The van der Waals surface area contributed by atoms with Crippen molar-refractivity contribution in [3.8, 4) is 0 Å². The zero-order valence-corrected chi connectivity index (χ0v) is 14.4. The normalized spacial score (nSPS) is 13.8. The highest BCUT2D eigenvalue weighted by atomic mass is 32.2. The molecule has 0 saturated carbocycles. The van der Waals surface area contributed by atoms with Crippen LogP contribution >= 0.6 is 0 Å². The maximum absolute atomic E-state index is 11.9. The van der Waals surface area contributed by atoms with E-state index in [0.717, 1.165) is 5.69 Å². The highest BCUT2D eigenvalue weighted by molar-refractivity contribution is 7.98. The number of ether oxygens (including phenoxy) is 1. The fourth-order valence-electron chi connectivity index (χ4n) is 1.34. The van der Waals surface area contributed by atoms with Gasteiger partial charge in [-0.3, -0.25) is 0 Å². The summed E-state index contributed by atoms with van der Waals surface area (Å²) in [5.74, 6) is -0.282. The Hall–Kier alpha value is -1.16. The Labute approximate surface area is 125 Å². The molecule has 0 radical (unpaired) electrons. The number of hydrogen-bond acceptors (Lipinski definition) is 3. The molecule has 0 amide bonds. The summed E-state index contributed by atoms with van der Waals surface area (Å²) in [6, 6.07) is 7.45. The molecule has 3 nitrogen and oxygen atoms in total. The van der Waals surface area contributed by atoms with Gasteiger partial charge in [0.1, 0.15) is 27.7 Å². The fraction of sp³-hybridized carbons (Fsp3) is 0.562. The molecule has 0 spiro atoms. The van der Waals surface area contributed by atoms with Crippen LogP contribution in [0.1, 0.15) is 51.9 Å². The first kappa shape index (κ1) is 16.9. The average Bonchev–Trinajstić information content (AvgIpc) is 2.26. The molecule has 0 saturated heterocycles. The van der Waals surface area contributed by atoms with Crippen molar-refractivity contribution >= 4 is 22.7 Å². The Kier molecular flexibility index (Phi) is 5.14. The van der Waals surface area contributed by atoms with E-state index in [0.29, 0.717) is 5.56 Å². The SMILES string of the molecule is C[S+](Nc1ccc(C(=O)OC(C)(C)C)cc1)C(C)(C)C. The van der Waals surface area contributed by atoms with Crippen molar-refractivity contribution in [2.24, 2.45) is 0 Å². The van der Waals surface area contributed by atoms with Crippen LogP contribution in [0.5, 0.6) is 0 Å². The minimum absolute atomic E-state index is 0.0623. The second-order valence-electron chi connectivity index (χ2n) is 6.80. The van der Waals surface area contributed by atoms with Crippen LogP contribution in [0.4, 0.5) is 5.69 Å². The molecule has 0 heterocycles. The Morgan fingerprint density at radius 3 is 1.95 bits per heavy atom. The van der Waals surface area contributed by atoms with Crippen molar-refractivity contribution in [2.45, 2.75) is 51.9 Å². The highest BCUT2D eigenvalue weighted by Crippen LogP contribution is 2.21. The number of carbonyl (C=O) groups is 1. The molecule has 1 unspecified atom stereocenters. The molecule has 4 heteroatoms. The lowest BCUT2D eigenvalue weighted by molar-refractivity contribution is 0.00696. The van der Waals surface area contributed by atoms with Gasteiger partial charge in [-0.25, -0.2) is 9.52 Å². The third-order valence-electron chi connectivity index (χ3n) is 2.71. The zero-order valence-electron chi connectivity index (χ0n) is 13.5. The van der Waals surface area contributed by atoms with Crippen LogP contribution in [0, 0.1) is 0 Å². The maximum atomic E-state index is 11.9. The van der Waals surface area contributed by atoms with Gasteiger partial charge >= 0.3 is 5.97 Å². The molecule has 0 aliphatic heterocycles. The summed E-state index contributed by atoms with van der Waals surface area (Å²) in [5.41, 5.74) is 1.14. The fourth-order valence-corrected chi connectivity index (χ4v) is 2.14. The van der Waals surface area contributed by atoms with Crippen molar-refractivity contribution in [3.05, 3.63) is 29.8 Å². The topological polar surface area (TPSA) is 38.3 Å². The second kappa shape index (κ2) is 6.08. The monoisotopic (exact) mass is 296 g/mol. The first-order chi connectivity index (χ1) is 8.99. The van der Waals surface area contributed by atoms with E-state index < -0.39 is 5.60 Å². The molecule has 1 aromatic rings. The van der Waals surface area contributed by atoms with Gasteiger partial charge in [0.2, 0.25) is 0 Å². The third-order valence-corrected chi connectivity index (χ3v) is 5.09. The van der Waals surface area contributed by atoms with Crippen LogP contribution in [0.3, 0.4) is 0 Å². The van der Waals surface area contributed by atoms with Gasteiger partial charge in [0.25, 0.3) is 0 Å². The molecule has 1 rings (SSSR count). The predicted octanol–water partition coefficient (Wildman–Crippen LogP) is 4.02. The van der Waals surface area contributed by atoms with Gasteiger partial charge in [0, 0.05) is 0 Å².